The van der Waals surface area contributed by atoms with Gasteiger partial charge in [0.05, 0.1) is 0 Å². The fourth-order valence-electron chi connectivity index (χ4n) is 4.30. The number of aromatic nitrogens is 1. The molecule has 1 aliphatic carbocycles. The number of anilines is 1. The van der Waals surface area contributed by atoms with Crippen LogP contribution in [0.3, 0.4) is 0 Å². The second-order valence-electron chi connectivity index (χ2n) is 11.8. The summed E-state index contributed by atoms with van der Waals surface area (Å²) in [5.41, 5.74) is -2.97. The van der Waals surface area contributed by atoms with E-state index < -0.39 is 35.0 Å². The zero-order chi connectivity index (χ0) is 28.6. The molecule has 3 aromatic rings. The van der Waals surface area contributed by atoms with E-state index in [0.29, 0.717) is 16.5 Å². The molecule has 0 radical (unpaired) electrons. The van der Waals surface area contributed by atoms with Crippen molar-refractivity contribution in [1.82, 2.24) is 9.88 Å². The molecule has 206 valence electrons. The van der Waals surface area contributed by atoms with Crippen molar-refractivity contribution in [3.8, 4) is 0 Å². The van der Waals surface area contributed by atoms with Crippen LogP contribution in [0.5, 0.6) is 0 Å². The normalized spacial score (nSPS) is 15.2. The van der Waals surface area contributed by atoms with E-state index in [0.717, 1.165) is 29.2 Å². The second kappa shape index (κ2) is 10.2. The van der Waals surface area contributed by atoms with Crippen LogP contribution in [0.25, 0.3) is 10.8 Å². The molecule has 1 unspecified atom stereocenters. The Balaban J connectivity index is 1.96. The van der Waals surface area contributed by atoms with Crippen LogP contribution in [0.15, 0.2) is 60.9 Å². The summed E-state index contributed by atoms with van der Waals surface area (Å²) in [7, 11) is 0. The zero-order valence-electron chi connectivity index (χ0n) is 23.1. The van der Waals surface area contributed by atoms with Gasteiger partial charge < -0.3 is 19.9 Å². The van der Waals surface area contributed by atoms with E-state index in [4.69, 9.17) is 9.47 Å². The highest BCUT2D eigenvalue weighted by molar-refractivity contribution is 5.99. The highest BCUT2D eigenvalue weighted by Crippen LogP contribution is 2.42. The van der Waals surface area contributed by atoms with Gasteiger partial charge in [0.15, 0.2) is 0 Å². The molecule has 1 saturated carbocycles. The monoisotopic (exact) mass is 533 g/mol. The number of carboxylic acids is 1. The number of hydrogen-bond acceptors (Lipinski definition) is 7. The molecule has 2 N–H and O–H groups in total. The van der Waals surface area contributed by atoms with E-state index in [1.165, 1.54) is 0 Å². The number of nitrogens with zero attached hydrogens (tertiary/aromatic N) is 2. The number of amides is 2. The summed E-state index contributed by atoms with van der Waals surface area (Å²) in [4.78, 5) is 45.6. The molecule has 9 heteroatoms. The van der Waals surface area contributed by atoms with E-state index in [1.807, 2.05) is 6.07 Å². The number of rotatable bonds is 6. The van der Waals surface area contributed by atoms with Gasteiger partial charge in [0, 0.05) is 29.0 Å². The Bertz CT molecular complexity index is 1380. The molecule has 39 heavy (non-hydrogen) atoms. The minimum atomic E-state index is -2.41. The molecular weight excluding hydrogens is 498 g/mol. The maximum absolute atomic E-state index is 13.7. The summed E-state index contributed by atoms with van der Waals surface area (Å²) < 4.78 is 11.2. The lowest BCUT2D eigenvalue weighted by molar-refractivity contribution is -0.149. The van der Waals surface area contributed by atoms with E-state index in [9.17, 15) is 19.5 Å². The molecule has 0 saturated heterocycles. The molecule has 1 fully saturated rings. The summed E-state index contributed by atoms with van der Waals surface area (Å²) in [6.07, 6.45) is 2.97. The highest BCUT2D eigenvalue weighted by Gasteiger charge is 2.55. The van der Waals surface area contributed by atoms with Crippen molar-refractivity contribution in [2.24, 2.45) is 0 Å². The van der Waals surface area contributed by atoms with Gasteiger partial charge >= 0.3 is 18.2 Å². The predicted octanol–water partition coefficient (Wildman–Crippen LogP) is 6.63. The number of nitrogens with one attached hydrogen (secondary N) is 1. The van der Waals surface area contributed by atoms with Crippen LogP contribution in [0.1, 0.15) is 71.4 Å². The van der Waals surface area contributed by atoms with Crippen LogP contribution in [0.2, 0.25) is 0 Å². The molecule has 9 nitrogen and oxygen atoms in total. The minimum Gasteiger partial charge on any atom is -0.478 e. The molecule has 2 aromatic carbocycles. The fourth-order valence-corrected chi connectivity index (χ4v) is 4.30. The van der Waals surface area contributed by atoms with Crippen molar-refractivity contribution in [2.75, 3.05) is 5.32 Å². The topological polar surface area (TPSA) is 118 Å². The lowest BCUT2D eigenvalue weighted by atomic mass is 9.93. The predicted molar refractivity (Wildman–Crippen MR) is 147 cm³/mol. The van der Waals surface area contributed by atoms with Gasteiger partial charge in [0.2, 0.25) is 0 Å². The molecule has 1 aromatic heterocycles. The number of carbonyl (C=O) groups is 3. The molecule has 1 heterocycles. The molecule has 1 atom stereocenters. The van der Waals surface area contributed by atoms with Crippen molar-refractivity contribution < 1.29 is 29.0 Å². The number of benzene rings is 2. The Hall–Kier alpha value is -4.14. The van der Waals surface area contributed by atoms with Gasteiger partial charge in [-0.05, 0) is 89.5 Å². The first-order valence-electron chi connectivity index (χ1n) is 12.9. The number of hydrogen-bond donors (Lipinski definition) is 2. The third-order valence-corrected chi connectivity index (χ3v) is 6.12. The van der Waals surface area contributed by atoms with Crippen LogP contribution >= 0.6 is 0 Å². The van der Waals surface area contributed by atoms with E-state index in [2.05, 4.69) is 10.3 Å². The maximum atomic E-state index is 13.7. The van der Waals surface area contributed by atoms with Crippen molar-refractivity contribution in [1.29, 1.82) is 0 Å². The number of pyridine rings is 1. The van der Waals surface area contributed by atoms with Gasteiger partial charge in [-0.2, -0.15) is 4.90 Å². The molecule has 4 rings (SSSR count). The Morgan fingerprint density at radius 1 is 0.897 bits per heavy atom. The SMILES string of the molecule is CC(C)(C)OC(=O)N(C(=O)OC(C)(C)C)C(Nc1ccc2cnccc2c1)(C(=O)O)c1cccc(C2CC2)c1. The first-order valence-corrected chi connectivity index (χ1v) is 12.9. The van der Waals surface area contributed by atoms with Crippen molar-refractivity contribution in [3.63, 3.8) is 0 Å². The Labute approximate surface area is 228 Å². The van der Waals surface area contributed by atoms with Gasteiger partial charge in [-0.15, -0.1) is 0 Å². The number of ether oxygens (including phenoxy) is 2. The molecule has 0 aliphatic heterocycles. The van der Waals surface area contributed by atoms with Gasteiger partial charge in [-0.1, -0.05) is 30.3 Å². The average Bonchev–Trinajstić information content (AvgIpc) is 3.67. The van der Waals surface area contributed by atoms with Gasteiger partial charge in [0.1, 0.15) is 11.2 Å². The molecule has 0 spiro atoms. The van der Waals surface area contributed by atoms with Gasteiger partial charge in [0.25, 0.3) is 5.66 Å². The third-order valence-electron chi connectivity index (χ3n) is 6.12. The van der Waals surface area contributed by atoms with Gasteiger partial charge in [-0.25, -0.2) is 14.4 Å². The Morgan fingerprint density at radius 3 is 2.10 bits per heavy atom. The van der Waals surface area contributed by atoms with Crippen LogP contribution in [0.4, 0.5) is 15.3 Å². The van der Waals surface area contributed by atoms with Crippen molar-refractivity contribution in [3.05, 3.63) is 72.1 Å². The first kappa shape index (κ1) is 27.9. The highest BCUT2D eigenvalue weighted by atomic mass is 16.6. The largest absolute Gasteiger partial charge is 0.478 e. The lowest BCUT2D eigenvalue weighted by Gasteiger charge is -2.41. The second-order valence-corrected chi connectivity index (χ2v) is 11.8. The number of imide groups is 1. The quantitative estimate of drug-likeness (QED) is 0.339. The van der Waals surface area contributed by atoms with Crippen LogP contribution in [-0.4, -0.2) is 44.3 Å². The first-order chi connectivity index (χ1) is 18.2. The lowest BCUT2D eigenvalue weighted by Crippen LogP contribution is -2.63. The number of carboxylic acid groups (broad SMARTS) is 1. The molecule has 0 bridgehead atoms. The fraction of sp³-hybridized carbons (Fsp3) is 0.400. The number of fused-ring (bicyclic) bond motifs is 1. The molecule has 1 aliphatic rings. The summed E-state index contributed by atoms with van der Waals surface area (Å²) in [6, 6.07) is 13.9. The summed E-state index contributed by atoms with van der Waals surface area (Å²) in [5.74, 6) is -1.19. The third kappa shape index (κ3) is 6.30. The Morgan fingerprint density at radius 2 is 1.54 bits per heavy atom. The zero-order valence-corrected chi connectivity index (χ0v) is 23.1. The minimum absolute atomic E-state index is 0.186. The molecular formula is C30H35N3O6. The Kier molecular flexibility index (Phi) is 7.29. The van der Waals surface area contributed by atoms with Crippen LogP contribution in [0, 0.1) is 0 Å². The van der Waals surface area contributed by atoms with E-state index in [-0.39, 0.29) is 5.56 Å². The maximum Gasteiger partial charge on any atom is 0.422 e. The summed E-state index contributed by atoms with van der Waals surface area (Å²) in [6.45, 7) is 9.83. The van der Waals surface area contributed by atoms with Gasteiger partial charge in [-0.3, -0.25) is 4.98 Å². The van der Waals surface area contributed by atoms with Crippen molar-refractivity contribution in [2.45, 2.75) is 77.2 Å². The van der Waals surface area contributed by atoms with E-state index >= 15 is 0 Å². The van der Waals surface area contributed by atoms with Crippen molar-refractivity contribution >= 4 is 34.6 Å². The van der Waals surface area contributed by atoms with E-state index in [1.54, 1.807) is 96.4 Å². The summed E-state index contributed by atoms with van der Waals surface area (Å²) in [5, 5.41) is 15.6. The summed E-state index contributed by atoms with van der Waals surface area (Å²) >= 11 is 0. The number of aliphatic carboxylic acids is 1. The average molecular weight is 534 g/mol. The van der Waals surface area contributed by atoms with Crippen LogP contribution < -0.4 is 5.32 Å². The number of carbonyl (C=O) groups excluding carboxylic acids is 2. The molecule has 2 amide bonds. The smallest absolute Gasteiger partial charge is 0.422 e. The van der Waals surface area contributed by atoms with Crippen LogP contribution in [-0.2, 0) is 19.9 Å². The standard InChI is InChI=1S/C30H35N3O6/c1-28(2,3)38-26(36)33(27(37)39-29(4,5)6)30(25(34)35,23-9-7-8-20(16-23)19-10-11-19)32-24-13-12-22-18-31-15-14-21(22)17-24/h7-9,12-19,32H,10-11H2,1-6H3,(H,34,35).